The Morgan fingerprint density at radius 3 is 2.93 bits per heavy atom. The zero-order valence-electron chi connectivity index (χ0n) is 15.8. The minimum atomic E-state index is -0.255. The second kappa shape index (κ2) is 6.77. The van der Waals surface area contributed by atoms with Gasteiger partial charge in [-0.1, -0.05) is 0 Å². The number of hydrogen-bond acceptors (Lipinski definition) is 5. The maximum absolute atomic E-state index is 12.9. The third-order valence-corrected chi connectivity index (χ3v) is 5.32. The van der Waals surface area contributed by atoms with E-state index in [1.807, 2.05) is 19.9 Å². The van der Waals surface area contributed by atoms with Crippen molar-refractivity contribution in [2.45, 2.75) is 45.9 Å². The van der Waals surface area contributed by atoms with Crippen molar-refractivity contribution in [1.29, 1.82) is 0 Å². The molecule has 4 rings (SSSR count). The molecule has 142 valence electrons. The number of ketones is 1. The zero-order chi connectivity index (χ0) is 19.1. The number of hydrogen-bond donors (Lipinski definition) is 0. The van der Waals surface area contributed by atoms with Gasteiger partial charge in [0.2, 0.25) is 0 Å². The number of carbonyl (C=O) groups excluding carboxylic acids is 1. The second-order valence-corrected chi connectivity index (χ2v) is 7.14. The van der Waals surface area contributed by atoms with Gasteiger partial charge < -0.3 is 9.30 Å². The largest absolute Gasteiger partial charge is 0.376 e. The molecule has 0 N–H and O–H groups in total. The van der Waals surface area contributed by atoms with Gasteiger partial charge in [0.1, 0.15) is 11.7 Å². The topological polar surface area (TPSA) is 83.9 Å². The molecule has 0 spiro atoms. The Morgan fingerprint density at radius 1 is 1.37 bits per heavy atom. The molecule has 3 aromatic heterocycles. The van der Waals surface area contributed by atoms with Crippen LogP contribution in [0, 0.1) is 13.8 Å². The van der Waals surface area contributed by atoms with Crippen LogP contribution >= 0.6 is 0 Å². The van der Waals surface area contributed by atoms with Crippen LogP contribution in [0.5, 0.6) is 0 Å². The van der Waals surface area contributed by atoms with Crippen molar-refractivity contribution in [3.05, 3.63) is 45.9 Å². The van der Waals surface area contributed by atoms with Gasteiger partial charge in [-0.05, 0) is 32.8 Å². The smallest absolute Gasteiger partial charge is 0.264 e. The summed E-state index contributed by atoms with van der Waals surface area (Å²) < 4.78 is 10.7. The molecular formula is C19H23N5O3. The number of fused-ring (bicyclic) bond motifs is 1. The highest BCUT2D eigenvalue weighted by Crippen LogP contribution is 2.21. The predicted octanol–water partition coefficient (Wildman–Crippen LogP) is 1.61. The van der Waals surface area contributed by atoms with Gasteiger partial charge in [-0.3, -0.25) is 18.8 Å². The first-order valence-corrected chi connectivity index (χ1v) is 9.14. The highest BCUT2D eigenvalue weighted by molar-refractivity contribution is 5.97. The summed E-state index contributed by atoms with van der Waals surface area (Å²) in [4.78, 5) is 29.7. The fourth-order valence-corrected chi connectivity index (χ4v) is 3.78. The predicted molar refractivity (Wildman–Crippen MR) is 100.0 cm³/mol. The molecule has 0 saturated carbocycles. The Morgan fingerprint density at radius 2 is 2.19 bits per heavy atom. The summed E-state index contributed by atoms with van der Waals surface area (Å²) in [5.41, 5.74) is 2.84. The van der Waals surface area contributed by atoms with Crippen LogP contribution in [0.15, 0.2) is 23.4 Å². The van der Waals surface area contributed by atoms with Crippen molar-refractivity contribution >= 4 is 16.8 Å². The van der Waals surface area contributed by atoms with Crippen LogP contribution in [0.1, 0.15) is 34.6 Å². The van der Waals surface area contributed by atoms with E-state index in [-0.39, 0.29) is 24.0 Å². The van der Waals surface area contributed by atoms with Gasteiger partial charge in [0.15, 0.2) is 11.4 Å². The quantitative estimate of drug-likeness (QED) is 0.638. The van der Waals surface area contributed by atoms with E-state index >= 15 is 0 Å². The van der Waals surface area contributed by atoms with Gasteiger partial charge in [-0.2, -0.15) is 5.10 Å². The van der Waals surface area contributed by atoms with Crippen LogP contribution < -0.4 is 5.56 Å². The zero-order valence-corrected chi connectivity index (χ0v) is 15.8. The summed E-state index contributed by atoms with van der Waals surface area (Å²) in [7, 11) is 1.73. The van der Waals surface area contributed by atoms with Crippen LogP contribution in [0.2, 0.25) is 0 Å². The first-order chi connectivity index (χ1) is 13.0. The Kier molecular flexibility index (Phi) is 4.43. The van der Waals surface area contributed by atoms with Crippen molar-refractivity contribution in [2.24, 2.45) is 7.05 Å². The molecule has 0 unspecified atom stereocenters. The Bertz CT molecular complexity index is 1070. The molecule has 1 fully saturated rings. The molecule has 0 aromatic carbocycles. The Hall–Kier alpha value is -2.74. The second-order valence-electron chi connectivity index (χ2n) is 7.14. The number of rotatable bonds is 5. The van der Waals surface area contributed by atoms with Gasteiger partial charge >= 0.3 is 0 Å². The van der Waals surface area contributed by atoms with E-state index in [2.05, 4.69) is 14.6 Å². The molecule has 0 amide bonds. The molecule has 1 saturated heterocycles. The summed E-state index contributed by atoms with van der Waals surface area (Å²) in [6.07, 6.45) is 5.24. The summed E-state index contributed by atoms with van der Waals surface area (Å²) in [5, 5.41) is 4.47. The molecule has 0 radical (unpaired) electrons. The van der Waals surface area contributed by atoms with Crippen LogP contribution in [0.3, 0.4) is 0 Å². The lowest BCUT2D eigenvalue weighted by molar-refractivity contribution is 0.0948. The standard InChI is InChI=1S/C19H23N5O3/c1-12-7-15(13(2)24(12)9-14-5-4-6-27-14)17(25)10-23-11-20-18-16(19(23)26)8-21-22(18)3/h7-8,11,14H,4-6,9-10H2,1-3H3/t14-/m0/s1. The van der Waals surface area contributed by atoms with Gasteiger partial charge in [-0.25, -0.2) is 4.98 Å². The van der Waals surface area contributed by atoms with Gasteiger partial charge in [0, 0.05) is 37.2 Å². The highest BCUT2D eigenvalue weighted by Gasteiger charge is 2.21. The maximum Gasteiger partial charge on any atom is 0.264 e. The number of nitrogens with zero attached hydrogens (tertiary/aromatic N) is 5. The summed E-state index contributed by atoms with van der Waals surface area (Å²) in [6, 6.07) is 1.90. The third-order valence-electron chi connectivity index (χ3n) is 5.32. The number of ether oxygens (including phenoxy) is 1. The Labute approximate surface area is 156 Å². The van der Waals surface area contributed by atoms with Crippen molar-refractivity contribution in [2.75, 3.05) is 6.61 Å². The van der Waals surface area contributed by atoms with E-state index in [0.717, 1.165) is 37.4 Å². The number of Topliss-reactive ketones (excluding diaryl/α,β-unsaturated/α-hetero) is 1. The molecule has 0 bridgehead atoms. The van der Waals surface area contributed by atoms with Crippen LogP contribution in [-0.4, -0.2) is 42.4 Å². The fourth-order valence-electron chi connectivity index (χ4n) is 3.78. The molecule has 8 nitrogen and oxygen atoms in total. The van der Waals surface area contributed by atoms with Gasteiger partial charge in [-0.15, -0.1) is 0 Å². The highest BCUT2D eigenvalue weighted by atomic mass is 16.5. The SMILES string of the molecule is Cc1cc(C(=O)Cn2cnc3c(cnn3C)c2=O)c(C)n1C[C@@H]1CCCO1. The van der Waals surface area contributed by atoms with E-state index in [9.17, 15) is 9.59 Å². The number of carbonyl (C=O) groups is 1. The van der Waals surface area contributed by atoms with E-state index in [0.29, 0.717) is 16.6 Å². The first kappa shape index (κ1) is 17.7. The lowest BCUT2D eigenvalue weighted by Crippen LogP contribution is -2.25. The fraction of sp³-hybridized carbons (Fsp3) is 0.474. The monoisotopic (exact) mass is 369 g/mol. The van der Waals surface area contributed by atoms with E-state index < -0.39 is 0 Å². The van der Waals surface area contributed by atoms with Crippen LogP contribution in [-0.2, 0) is 24.9 Å². The molecule has 1 atom stereocenters. The maximum atomic E-state index is 12.9. The van der Waals surface area contributed by atoms with Crippen molar-refractivity contribution < 1.29 is 9.53 Å². The van der Waals surface area contributed by atoms with Crippen molar-refractivity contribution in [3.8, 4) is 0 Å². The summed E-state index contributed by atoms with van der Waals surface area (Å²) in [6.45, 7) is 5.46. The minimum absolute atomic E-state index is 0.0408. The Balaban J connectivity index is 1.60. The molecule has 1 aliphatic rings. The molecule has 0 aliphatic carbocycles. The van der Waals surface area contributed by atoms with Crippen LogP contribution in [0.25, 0.3) is 11.0 Å². The normalized spacial score (nSPS) is 17.1. The molecule has 4 heterocycles. The van der Waals surface area contributed by atoms with Crippen molar-refractivity contribution in [3.63, 3.8) is 0 Å². The van der Waals surface area contributed by atoms with E-state index in [1.54, 1.807) is 11.7 Å². The molecule has 1 aliphatic heterocycles. The van der Waals surface area contributed by atoms with Crippen LogP contribution in [0.4, 0.5) is 0 Å². The van der Waals surface area contributed by atoms with Crippen molar-refractivity contribution in [1.82, 2.24) is 23.9 Å². The molecular weight excluding hydrogens is 346 g/mol. The number of aromatic nitrogens is 5. The average molecular weight is 369 g/mol. The summed E-state index contributed by atoms with van der Waals surface area (Å²) >= 11 is 0. The molecule has 8 heteroatoms. The van der Waals surface area contributed by atoms with Gasteiger partial charge in [0.25, 0.3) is 5.56 Å². The third kappa shape index (κ3) is 3.10. The lowest BCUT2D eigenvalue weighted by atomic mass is 10.1. The van der Waals surface area contributed by atoms with Gasteiger partial charge in [0.05, 0.1) is 18.8 Å². The number of aryl methyl sites for hydroxylation is 2. The summed E-state index contributed by atoms with van der Waals surface area (Å²) in [5.74, 6) is -0.103. The molecule has 3 aromatic rings. The van der Waals surface area contributed by atoms with E-state index in [1.165, 1.54) is 17.1 Å². The molecule has 27 heavy (non-hydrogen) atoms. The average Bonchev–Trinajstić information content (AvgIpc) is 3.35. The first-order valence-electron chi connectivity index (χ1n) is 9.14. The minimum Gasteiger partial charge on any atom is -0.376 e. The lowest BCUT2D eigenvalue weighted by Gasteiger charge is -2.14. The van der Waals surface area contributed by atoms with E-state index in [4.69, 9.17) is 4.74 Å².